The number of piperazine rings is 1. The number of carboxylic acids is 1. The molecule has 1 unspecified atom stereocenters. The minimum absolute atomic E-state index is 0.355. The van der Waals surface area contributed by atoms with E-state index >= 15 is 0 Å². The predicted molar refractivity (Wildman–Crippen MR) is 57.8 cm³/mol. The van der Waals surface area contributed by atoms with E-state index in [2.05, 4.69) is 10.2 Å². The van der Waals surface area contributed by atoms with Gasteiger partial charge in [-0.05, 0) is 25.7 Å². The van der Waals surface area contributed by atoms with E-state index in [0.29, 0.717) is 5.92 Å². The standard InChI is InChI=1S/C11H20N2O2/c1-11(10(14)15,9-3-2-4-9)13-7-5-12-6-8-13/h9,12H,2-8H2,1H3,(H,14,15). The van der Waals surface area contributed by atoms with Gasteiger partial charge in [-0.1, -0.05) is 6.42 Å². The summed E-state index contributed by atoms with van der Waals surface area (Å²) in [6.45, 7) is 5.45. The van der Waals surface area contributed by atoms with Crippen molar-refractivity contribution in [3.8, 4) is 0 Å². The van der Waals surface area contributed by atoms with Gasteiger partial charge in [-0.2, -0.15) is 0 Å². The Kier molecular flexibility index (Phi) is 2.98. The van der Waals surface area contributed by atoms with Gasteiger partial charge in [-0.25, -0.2) is 0 Å². The highest BCUT2D eigenvalue weighted by atomic mass is 16.4. The third kappa shape index (κ3) is 1.76. The zero-order chi connectivity index (χ0) is 10.9. The molecule has 86 valence electrons. The molecule has 4 nitrogen and oxygen atoms in total. The zero-order valence-electron chi connectivity index (χ0n) is 9.33. The third-order valence-corrected chi connectivity index (χ3v) is 4.11. The number of nitrogens with zero attached hydrogens (tertiary/aromatic N) is 1. The molecule has 0 radical (unpaired) electrons. The maximum Gasteiger partial charge on any atom is 0.324 e. The summed E-state index contributed by atoms with van der Waals surface area (Å²) in [5.74, 6) is -0.290. The SMILES string of the molecule is CC(C(=O)O)(C1CCC1)N1CCNCC1. The van der Waals surface area contributed by atoms with Gasteiger partial charge in [0.15, 0.2) is 0 Å². The van der Waals surface area contributed by atoms with Gasteiger partial charge in [0, 0.05) is 26.2 Å². The Balaban J connectivity index is 2.12. The number of carboxylic acid groups (broad SMARTS) is 1. The van der Waals surface area contributed by atoms with E-state index in [4.69, 9.17) is 0 Å². The molecular formula is C11H20N2O2. The first-order valence-corrected chi connectivity index (χ1v) is 5.85. The Bertz CT molecular complexity index is 247. The maximum atomic E-state index is 11.5. The van der Waals surface area contributed by atoms with Gasteiger partial charge >= 0.3 is 5.97 Å². The molecular weight excluding hydrogens is 192 g/mol. The molecule has 0 spiro atoms. The molecule has 1 atom stereocenters. The Labute approximate surface area is 90.6 Å². The third-order valence-electron chi connectivity index (χ3n) is 4.11. The first-order valence-electron chi connectivity index (χ1n) is 5.85. The van der Waals surface area contributed by atoms with Crippen LogP contribution in [0.25, 0.3) is 0 Å². The Morgan fingerprint density at radius 1 is 1.40 bits per heavy atom. The fourth-order valence-corrected chi connectivity index (χ4v) is 2.67. The lowest BCUT2D eigenvalue weighted by Crippen LogP contribution is -2.63. The van der Waals surface area contributed by atoms with Crippen molar-refractivity contribution in [1.82, 2.24) is 10.2 Å². The smallest absolute Gasteiger partial charge is 0.324 e. The van der Waals surface area contributed by atoms with Crippen LogP contribution in [0.2, 0.25) is 0 Å². The molecule has 0 bridgehead atoms. The van der Waals surface area contributed by atoms with Crippen LogP contribution < -0.4 is 5.32 Å². The monoisotopic (exact) mass is 212 g/mol. The second kappa shape index (κ2) is 4.10. The second-order valence-corrected chi connectivity index (χ2v) is 4.82. The van der Waals surface area contributed by atoms with Crippen LogP contribution in [0.3, 0.4) is 0 Å². The van der Waals surface area contributed by atoms with Crippen molar-refractivity contribution in [2.24, 2.45) is 5.92 Å². The first kappa shape index (κ1) is 10.9. The molecule has 1 aliphatic carbocycles. The minimum atomic E-state index is -0.644. The van der Waals surface area contributed by atoms with Gasteiger partial charge in [-0.15, -0.1) is 0 Å². The van der Waals surface area contributed by atoms with E-state index in [9.17, 15) is 9.90 Å². The Morgan fingerprint density at radius 2 is 2.00 bits per heavy atom. The van der Waals surface area contributed by atoms with Crippen molar-refractivity contribution in [2.45, 2.75) is 31.7 Å². The number of hydrogen-bond donors (Lipinski definition) is 2. The van der Waals surface area contributed by atoms with E-state index in [1.165, 1.54) is 6.42 Å². The van der Waals surface area contributed by atoms with Crippen LogP contribution >= 0.6 is 0 Å². The zero-order valence-corrected chi connectivity index (χ0v) is 9.33. The first-order chi connectivity index (χ1) is 7.15. The summed E-state index contributed by atoms with van der Waals surface area (Å²) in [5.41, 5.74) is -0.625. The number of carbonyl (C=O) groups is 1. The minimum Gasteiger partial charge on any atom is -0.480 e. The van der Waals surface area contributed by atoms with Gasteiger partial charge in [-0.3, -0.25) is 9.69 Å². The molecule has 2 fully saturated rings. The van der Waals surface area contributed by atoms with Crippen molar-refractivity contribution >= 4 is 5.97 Å². The van der Waals surface area contributed by atoms with Crippen LogP contribution in [0.4, 0.5) is 0 Å². The molecule has 2 rings (SSSR count). The van der Waals surface area contributed by atoms with Crippen molar-refractivity contribution in [3.05, 3.63) is 0 Å². The molecule has 2 N–H and O–H groups in total. The van der Waals surface area contributed by atoms with Gasteiger partial charge in [0.05, 0.1) is 0 Å². The quantitative estimate of drug-likeness (QED) is 0.716. The molecule has 0 aromatic carbocycles. The van der Waals surface area contributed by atoms with Gasteiger partial charge in [0.1, 0.15) is 5.54 Å². The molecule has 4 heteroatoms. The molecule has 1 saturated carbocycles. The van der Waals surface area contributed by atoms with E-state index in [-0.39, 0.29) is 0 Å². The number of hydrogen-bond acceptors (Lipinski definition) is 3. The van der Waals surface area contributed by atoms with Crippen LogP contribution in [-0.4, -0.2) is 47.7 Å². The predicted octanol–water partition coefficient (Wildman–Crippen LogP) is 0.535. The topological polar surface area (TPSA) is 52.6 Å². The molecule has 0 aromatic heterocycles. The van der Waals surface area contributed by atoms with E-state index < -0.39 is 11.5 Å². The maximum absolute atomic E-state index is 11.5. The molecule has 1 aliphatic heterocycles. The average molecular weight is 212 g/mol. The summed E-state index contributed by atoms with van der Waals surface area (Å²) in [5, 5.41) is 12.7. The van der Waals surface area contributed by atoms with Crippen molar-refractivity contribution in [1.29, 1.82) is 0 Å². The normalized spacial score (nSPS) is 28.1. The lowest BCUT2D eigenvalue weighted by atomic mass is 9.70. The van der Waals surface area contributed by atoms with E-state index in [0.717, 1.165) is 39.0 Å². The van der Waals surface area contributed by atoms with Crippen molar-refractivity contribution in [2.75, 3.05) is 26.2 Å². The number of nitrogens with one attached hydrogen (secondary N) is 1. The lowest BCUT2D eigenvalue weighted by Gasteiger charge is -2.48. The van der Waals surface area contributed by atoms with E-state index in [1.54, 1.807) is 0 Å². The van der Waals surface area contributed by atoms with Gasteiger partial charge in [0.25, 0.3) is 0 Å². The summed E-state index contributed by atoms with van der Waals surface area (Å²) in [7, 11) is 0. The largest absolute Gasteiger partial charge is 0.480 e. The highest BCUT2D eigenvalue weighted by Crippen LogP contribution is 2.40. The summed E-state index contributed by atoms with van der Waals surface area (Å²) in [6, 6.07) is 0. The molecule has 2 aliphatic rings. The second-order valence-electron chi connectivity index (χ2n) is 4.82. The average Bonchev–Trinajstić information content (AvgIpc) is 2.16. The van der Waals surface area contributed by atoms with Crippen LogP contribution in [0.1, 0.15) is 26.2 Å². The fraction of sp³-hybridized carbons (Fsp3) is 0.909. The van der Waals surface area contributed by atoms with Gasteiger partial charge < -0.3 is 10.4 Å². The van der Waals surface area contributed by atoms with Gasteiger partial charge in [0.2, 0.25) is 0 Å². The Hall–Kier alpha value is -0.610. The summed E-state index contributed by atoms with van der Waals surface area (Å²) < 4.78 is 0. The number of rotatable bonds is 3. The van der Waals surface area contributed by atoms with Crippen LogP contribution in [0.15, 0.2) is 0 Å². The fourth-order valence-electron chi connectivity index (χ4n) is 2.67. The van der Waals surface area contributed by atoms with Crippen LogP contribution in [-0.2, 0) is 4.79 Å². The summed E-state index contributed by atoms with van der Waals surface area (Å²) in [6.07, 6.45) is 3.35. The molecule has 0 aromatic rings. The highest BCUT2D eigenvalue weighted by Gasteiger charge is 2.48. The summed E-state index contributed by atoms with van der Waals surface area (Å²) >= 11 is 0. The van der Waals surface area contributed by atoms with Crippen LogP contribution in [0, 0.1) is 5.92 Å². The van der Waals surface area contributed by atoms with Crippen LogP contribution in [0.5, 0.6) is 0 Å². The highest BCUT2D eigenvalue weighted by molar-refractivity contribution is 5.79. The molecule has 0 amide bonds. The molecule has 1 heterocycles. The summed E-state index contributed by atoms with van der Waals surface area (Å²) in [4.78, 5) is 13.6. The lowest BCUT2D eigenvalue weighted by molar-refractivity contribution is -0.158. The number of aliphatic carboxylic acids is 1. The van der Waals surface area contributed by atoms with Crippen molar-refractivity contribution < 1.29 is 9.90 Å². The Morgan fingerprint density at radius 3 is 2.40 bits per heavy atom. The molecule has 15 heavy (non-hydrogen) atoms. The van der Waals surface area contributed by atoms with Crippen molar-refractivity contribution in [3.63, 3.8) is 0 Å². The van der Waals surface area contributed by atoms with E-state index in [1.807, 2.05) is 6.92 Å². The molecule has 1 saturated heterocycles.